The second-order valence-corrected chi connectivity index (χ2v) is 4.93. The molecule has 2 atom stereocenters. The number of aliphatic hydroxyl groups excluding tert-OH is 2. The average molecular weight is 256 g/mol. The van der Waals surface area contributed by atoms with E-state index in [1.165, 1.54) is 0 Å². The van der Waals surface area contributed by atoms with Gasteiger partial charge in [-0.2, -0.15) is 0 Å². The smallest absolute Gasteiger partial charge is 0.0764 e. The van der Waals surface area contributed by atoms with Crippen molar-refractivity contribution >= 4 is 0 Å². The predicted octanol–water partition coefficient (Wildman–Crippen LogP) is 3.38. The number of benzene rings is 2. The highest BCUT2D eigenvalue weighted by atomic mass is 16.3. The van der Waals surface area contributed by atoms with Gasteiger partial charge in [0.05, 0.1) is 12.2 Å². The lowest BCUT2D eigenvalue weighted by atomic mass is 9.93. The van der Waals surface area contributed by atoms with Crippen LogP contribution in [0.1, 0.15) is 48.3 Å². The molecule has 0 saturated carbocycles. The standard InChI is InChI=1S/C17H20O2/c1-12(18)16-9-5-3-7-14(16)11-15-8-4-6-10-17(15)13(2)19/h3-10,12-13,18-19H,11H2,1-2H3. The molecule has 2 N–H and O–H groups in total. The summed E-state index contributed by atoms with van der Waals surface area (Å²) in [6.45, 7) is 3.55. The van der Waals surface area contributed by atoms with Crippen LogP contribution in [0.2, 0.25) is 0 Å². The maximum atomic E-state index is 9.81. The van der Waals surface area contributed by atoms with Crippen molar-refractivity contribution in [2.45, 2.75) is 32.5 Å². The van der Waals surface area contributed by atoms with Crippen molar-refractivity contribution in [2.75, 3.05) is 0 Å². The Morgan fingerprint density at radius 3 is 1.47 bits per heavy atom. The summed E-state index contributed by atoms with van der Waals surface area (Å²) in [6.07, 6.45) is -0.230. The molecule has 19 heavy (non-hydrogen) atoms. The van der Waals surface area contributed by atoms with Gasteiger partial charge in [-0.1, -0.05) is 48.5 Å². The van der Waals surface area contributed by atoms with E-state index in [1.807, 2.05) is 48.5 Å². The van der Waals surface area contributed by atoms with Crippen LogP contribution in [0.3, 0.4) is 0 Å². The summed E-state index contributed by atoms with van der Waals surface area (Å²) in [5.41, 5.74) is 4.10. The SMILES string of the molecule is CC(O)c1ccccc1Cc1ccccc1C(C)O. The summed E-state index contributed by atoms with van der Waals surface area (Å²) >= 11 is 0. The molecular weight excluding hydrogens is 236 g/mol. The highest BCUT2D eigenvalue weighted by Gasteiger charge is 2.11. The highest BCUT2D eigenvalue weighted by Crippen LogP contribution is 2.24. The fraction of sp³-hybridized carbons (Fsp3) is 0.294. The molecule has 0 fully saturated rings. The fourth-order valence-corrected chi connectivity index (χ4v) is 2.41. The minimum atomic E-state index is -0.477. The Labute approximate surface area is 114 Å². The van der Waals surface area contributed by atoms with Crippen LogP contribution in [-0.4, -0.2) is 10.2 Å². The first kappa shape index (κ1) is 13.8. The molecule has 0 saturated heterocycles. The van der Waals surface area contributed by atoms with E-state index in [2.05, 4.69) is 0 Å². The third-order valence-electron chi connectivity index (χ3n) is 3.39. The molecule has 0 aromatic heterocycles. The average Bonchev–Trinajstić information content (AvgIpc) is 2.39. The van der Waals surface area contributed by atoms with Crippen molar-refractivity contribution in [2.24, 2.45) is 0 Å². The van der Waals surface area contributed by atoms with Crippen LogP contribution in [0.15, 0.2) is 48.5 Å². The van der Waals surface area contributed by atoms with Gasteiger partial charge in [-0.25, -0.2) is 0 Å². The van der Waals surface area contributed by atoms with Crippen LogP contribution in [0.5, 0.6) is 0 Å². The Bertz CT molecular complexity index is 495. The Kier molecular flexibility index (Phi) is 4.35. The van der Waals surface area contributed by atoms with Gasteiger partial charge in [0.15, 0.2) is 0 Å². The fourth-order valence-electron chi connectivity index (χ4n) is 2.41. The van der Waals surface area contributed by atoms with Gasteiger partial charge in [-0.15, -0.1) is 0 Å². The van der Waals surface area contributed by atoms with Gasteiger partial charge in [0.2, 0.25) is 0 Å². The van der Waals surface area contributed by atoms with Crippen LogP contribution in [0.4, 0.5) is 0 Å². The minimum Gasteiger partial charge on any atom is -0.389 e. The molecule has 2 aromatic rings. The van der Waals surface area contributed by atoms with Crippen molar-refractivity contribution in [3.8, 4) is 0 Å². The molecule has 2 nitrogen and oxygen atoms in total. The number of aliphatic hydroxyl groups is 2. The molecule has 2 aromatic carbocycles. The van der Waals surface area contributed by atoms with E-state index in [-0.39, 0.29) is 0 Å². The van der Waals surface area contributed by atoms with Crippen molar-refractivity contribution in [1.29, 1.82) is 0 Å². The van der Waals surface area contributed by atoms with E-state index in [0.717, 1.165) is 28.7 Å². The zero-order valence-corrected chi connectivity index (χ0v) is 11.4. The van der Waals surface area contributed by atoms with Crippen LogP contribution < -0.4 is 0 Å². The van der Waals surface area contributed by atoms with E-state index in [1.54, 1.807) is 13.8 Å². The van der Waals surface area contributed by atoms with Gasteiger partial charge in [0, 0.05) is 0 Å². The van der Waals surface area contributed by atoms with Crippen LogP contribution in [0, 0.1) is 0 Å². The lowest BCUT2D eigenvalue weighted by molar-refractivity contribution is 0.197. The van der Waals surface area contributed by atoms with E-state index >= 15 is 0 Å². The van der Waals surface area contributed by atoms with Crippen molar-refractivity contribution in [1.82, 2.24) is 0 Å². The normalized spacial score (nSPS) is 14.1. The van der Waals surface area contributed by atoms with E-state index in [0.29, 0.717) is 0 Å². The first-order valence-corrected chi connectivity index (χ1v) is 6.61. The molecule has 0 heterocycles. The third-order valence-corrected chi connectivity index (χ3v) is 3.39. The number of hydrogen-bond donors (Lipinski definition) is 2. The third kappa shape index (κ3) is 3.22. The molecule has 0 spiro atoms. The molecule has 100 valence electrons. The highest BCUT2D eigenvalue weighted by molar-refractivity contribution is 5.38. The Hall–Kier alpha value is -1.64. The second-order valence-electron chi connectivity index (χ2n) is 4.93. The summed E-state index contributed by atoms with van der Waals surface area (Å²) in [5.74, 6) is 0. The summed E-state index contributed by atoms with van der Waals surface area (Å²) in [7, 11) is 0. The Morgan fingerprint density at radius 2 is 1.11 bits per heavy atom. The van der Waals surface area contributed by atoms with Gasteiger partial charge in [0.25, 0.3) is 0 Å². The molecule has 0 aliphatic carbocycles. The summed E-state index contributed by atoms with van der Waals surface area (Å²) in [5, 5.41) is 19.6. The number of hydrogen-bond acceptors (Lipinski definition) is 2. The molecule has 0 bridgehead atoms. The van der Waals surface area contributed by atoms with Gasteiger partial charge in [0.1, 0.15) is 0 Å². The zero-order valence-electron chi connectivity index (χ0n) is 11.4. The van der Waals surface area contributed by atoms with Crippen LogP contribution in [-0.2, 0) is 6.42 Å². The molecular formula is C17H20O2. The Morgan fingerprint density at radius 1 is 0.737 bits per heavy atom. The van der Waals surface area contributed by atoms with E-state index < -0.39 is 12.2 Å². The molecule has 2 heteroatoms. The van der Waals surface area contributed by atoms with Crippen LogP contribution in [0.25, 0.3) is 0 Å². The lowest BCUT2D eigenvalue weighted by Crippen LogP contribution is -2.03. The molecule has 0 radical (unpaired) electrons. The largest absolute Gasteiger partial charge is 0.389 e. The predicted molar refractivity (Wildman–Crippen MR) is 77.0 cm³/mol. The molecule has 0 aliphatic heterocycles. The minimum absolute atomic E-state index is 0.477. The van der Waals surface area contributed by atoms with Crippen LogP contribution >= 0.6 is 0 Å². The first-order chi connectivity index (χ1) is 9.09. The van der Waals surface area contributed by atoms with Gasteiger partial charge in [-0.05, 0) is 42.5 Å². The van der Waals surface area contributed by atoms with Crippen molar-refractivity contribution in [3.05, 3.63) is 70.8 Å². The van der Waals surface area contributed by atoms with Gasteiger partial charge < -0.3 is 10.2 Å². The topological polar surface area (TPSA) is 40.5 Å². The summed E-state index contributed by atoms with van der Waals surface area (Å²) in [6, 6.07) is 15.8. The zero-order chi connectivity index (χ0) is 13.8. The first-order valence-electron chi connectivity index (χ1n) is 6.61. The van der Waals surface area contributed by atoms with Gasteiger partial charge in [-0.3, -0.25) is 0 Å². The Balaban J connectivity index is 2.37. The molecule has 2 unspecified atom stereocenters. The van der Waals surface area contributed by atoms with E-state index in [9.17, 15) is 10.2 Å². The number of rotatable bonds is 4. The molecule has 2 rings (SSSR count). The lowest BCUT2D eigenvalue weighted by Gasteiger charge is -2.15. The van der Waals surface area contributed by atoms with E-state index in [4.69, 9.17) is 0 Å². The maximum absolute atomic E-state index is 9.81. The van der Waals surface area contributed by atoms with Crippen molar-refractivity contribution < 1.29 is 10.2 Å². The monoisotopic (exact) mass is 256 g/mol. The molecule has 0 amide bonds. The maximum Gasteiger partial charge on any atom is 0.0764 e. The summed E-state index contributed by atoms with van der Waals surface area (Å²) in [4.78, 5) is 0. The molecule has 0 aliphatic rings. The van der Waals surface area contributed by atoms with Gasteiger partial charge >= 0.3 is 0 Å². The second kappa shape index (κ2) is 6.00. The quantitative estimate of drug-likeness (QED) is 0.880. The van der Waals surface area contributed by atoms with Crippen molar-refractivity contribution in [3.63, 3.8) is 0 Å². The summed E-state index contributed by atoms with van der Waals surface area (Å²) < 4.78 is 0.